The minimum atomic E-state index is -1.13. The van der Waals surface area contributed by atoms with Crippen LogP contribution in [0.25, 0.3) is 0 Å². The predicted molar refractivity (Wildman–Crippen MR) is 45.6 cm³/mol. The van der Waals surface area contributed by atoms with Crippen LogP contribution in [0.4, 0.5) is 0 Å². The SMILES string of the molecule is CC[C-](N)CCC(N)(Cl)Cl.[Pt]. The van der Waals surface area contributed by atoms with E-state index < -0.39 is 4.46 Å². The first-order valence-corrected chi connectivity index (χ1v) is 3.98. The summed E-state index contributed by atoms with van der Waals surface area (Å²) in [5.74, 6) is 0. The molecule has 0 aliphatic heterocycles. The summed E-state index contributed by atoms with van der Waals surface area (Å²) >= 11 is 11.0. The van der Waals surface area contributed by atoms with Crippen LogP contribution in [0.3, 0.4) is 0 Å². The van der Waals surface area contributed by atoms with Crippen molar-refractivity contribution in [3.63, 3.8) is 0 Å². The fourth-order valence-electron chi connectivity index (χ4n) is 0.504. The molecular weight excluding hydrogens is 366 g/mol. The molecule has 4 N–H and O–H groups in total. The Morgan fingerprint density at radius 3 is 2.18 bits per heavy atom. The average Bonchev–Trinajstić information content (AvgIpc) is 1.81. The summed E-state index contributed by atoms with van der Waals surface area (Å²) in [6, 6.07) is 0.885. The molecule has 11 heavy (non-hydrogen) atoms. The standard InChI is InChI=1S/C6H13Cl2N2.Pt/c1-2-5(9)3-4-6(7,8)10;/h2-4,9-10H2,1H3;/q-1;. The van der Waals surface area contributed by atoms with Crippen LogP contribution in [-0.4, -0.2) is 4.46 Å². The van der Waals surface area contributed by atoms with E-state index in [1.807, 2.05) is 6.92 Å². The Kier molecular flexibility index (Phi) is 8.92. The van der Waals surface area contributed by atoms with Gasteiger partial charge < -0.3 is 11.5 Å². The second-order valence-electron chi connectivity index (χ2n) is 2.27. The molecule has 0 amide bonds. The summed E-state index contributed by atoms with van der Waals surface area (Å²) in [5.41, 5.74) is 10.8. The van der Waals surface area contributed by atoms with Crippen LogP contribution >= 0.6 is 23.2 Å². The molecule has 0 aromatic heterocycles. The van der Waals surface area contributed by atoms with Gasteiger partial charge in [-0.3, -0.25) is 6.04 Å². The van der Waals surface area contributed by atoms with Crippen molar-refractivity contribution in [2.24, 2.45) is 11.5 Å². The van der Waals surface area contributed by atoms with Gasteiger partial charge in [-0.2, -0.15) is 12.8 Å². The van der Waals surface area contributed by atoms with Gasteiger partial charge in [-0.05, 0) is 6.42 Å². The molecule has 72 valence electrons. The molecule has 0 unspecified atom stereocenters. The molecule has 0 heterocycles. The fourth-order valence-corrected chi connectivity index (χ4v) is 0.693. The van der Waals surface area contributed by atoms with Crippen LogP contribution in [0, 0.1) is 6.04 Å². The van der Waals surface area contributed by atoms with Crippen molar-refractivity contribution in [2.45, 2.75) is 30.6 Å². The third-order valence-electron chi connectivity index (χ3n) is 1.23. The Hall–Kier alpha value is 1.19. The summed E-state index contributed by atoms with van der Waals surface area (Å²) in [6.45, 7) is 1.98. The summed E-state index contributed by atoms with van der Waals surface area (Å²) in [4.78, 5) is 0. The van der Waals surface area contributed by atoms with Crippen LogP contribution in [0.15, 0.2) is 0 Å². The molecule has 0 aromatic carbocycles. The van der Waals surface area contributed by atoms with Gasteiger partial charge in [0.05, 0.1) is 0 Å². The first kappa shape index (κ1) is 14.7. The van der Waals surface area contributed by atoms with Crippen molar-refractivity contribution < 1.29 is 21.1 Å². The van der Waals surface area contributed by atoms with Crippen LogP contribution in [0.5, 0.6) is 0 Å². The third-order valence-corrected chi connectivity index (χ3v) is 1.61. The second-order valence-corrected chi connectivity index (χ2v) is 3.82. The zero-order valence-corrected chi connectivity index (χ0v) is 10.1. The Labute approximate surface area is 92.2 Å². The van der Waals surface area contributed by atoms with E-state index in [1.54, 1.807) is 0 Å². The minimum absolute atomic E-state index is 0. The van der Waals surface area contributed by atoms with Crippen molar-refractivity contribution in [3.05, 3.63) is 6.04 Å². The van der Waals surface area contributed by atoms with E-state index >= 15 is 0 Å². The molecule has 0 aliphatic rings. The van der Waals surface area contributed by atoms with Crippen LogP contribution in [-0.2, 0) is 21.1 Å². The first-order chi connectivity index (χ1) is 4.45. The molecule has 0 bridgehead atoms. The van der Waals surface area contributed by atoms with Gasteiger partial charge in [0, 0.05) is 21.1 Å². The number of hydrogen-bond donors (Lipinski definition) is 2. The average molecular weight is 379 g/mol. The van der Waals surface area contributed by atoms with E-state index in [-0.39, 0.29) is 21.1 Å². The molecule has 0 saturated heterocycles. The molecule has 0 radical (unpaired) electrons. The predicted octanol–water partition coefficient (Wildman–Crippen LogP) is 1.75. The molecule has 2 nitrogen and oxygen atoms in total. The van der Waals surface area contributed by atoms with E-state index in [1.165, 1.54) is 0 Å². The van der Waals surface area contributed by atoms with E-state index in [9.17, 15) is 0 Å². The quantitative estimate of drug-likeness (QED) is 0.445. The Balaban J connectivity index is 0. The van der Waals surface area contributed by atoms with E-state index in [4.69, 9.17) is 34.7 Å². The van der Waals surface area contributed by atoms with E-state index in [0.717, 1.165) is 12.5 Å². The Bertz CT molecular complexity index is 95.1. The summed E-state index contributed by atoms with van der Waals surface area (Å²) in [7, 11) is 0. The minimum Gasteiger partial charge on any atom is -0.480 e. The van der Waals surface area contributed by atoms with Crippen LogP contribution in [0.1, 0.15) is 26.2 Å². The zero-order chi connectivity index (χ0) is 8.20. The number of hydrogen-bond acceptors (Lipinski definition) is 2. The van der Waals surface area contributed by atoms with Crippen LogP contribution < -0.4 is 11.5 Å². The zero-order valence-electron chi connectivity index (χ0n) is 6.35. The molecule has 0 saturated carbocycles. The van der Waals surface area contributed by atoms with Gasteiger partial charge >= 0.3 is 0 Å². The fraction of sp³-hybridized carbons (Fsp3) is 0.833. The van der Waals surface area contributed by atoms with Crippen molar-refractivity contribution in [1.82, 2.24) is 0 Å². The normalized spacial score (nSPS) is 11.5. The van der Waals surface area contributed by atoms with Gasteiger partial charge in [-0.15, -0.1) is 0 Å². The van der Waals surface area contributed by atoms with Gasteiger partial charge in [-0.25, -0.2) is 0 Å². The molecule has 5 heteroatoms. The maximum Gasteiger partial charge on any atom is 0.164 e. The smallest absolute Gasteiger partial charge is 0.164 e. The summed E-state index contributed by atoms with van der Waals surface area (Å²) in [6.07, 6.45) is 2.06. The number of alkyl halides is 2. The molecule has 0 aliphatic carbocycles. The number of rotatable bonds is 4. The van der Waals surface area contributed by atoms with Crippen LogP contribution in [0.2, 0.25) is 0 Å². The molecule has 0 atom stereocenters. The molecule has 0 aromatic rings. The Morgan fingerprint density at radius 1 is 1.45 bits per heavy atom. The van der Waals surface area contributed by atoms with Gasteiger partial charge in [0.2, 0.25) is 0 Å². The largest absolute Gasteiger partial charge is 0.480 e. The van der Waals surface area contributed by atoms with Crippen molar-refractivity contribution in [2.75, 3.05) is 0 Å². The van der Waals surface area contributed by atoms with Crippen molar-refractivity contribution >= 4 is 23.2 Å². The first-order valence-electron chi connectivity index (χ1n) is 3.22. The summed E-state index contributed by atoms with van der Waals surface area (Å²) < 4.78 is -1.13. The topological polar surface area (TPSA) is 52.0 Å². The Morgan fingerprint density at radius 2 is 1.91 bits per heavy atom. The van der Waals surface area contributed by atoms with E-state index in [2.05, 4.69) is 0 Å². The van der Waals surface area contributed by atoms with E-state index in [0.29, 0.717) is 12.8 Å². The third kappa shape index (κ3) is 11.2. The van der Waals surface area contributed by atoms with Gasteiger partial charge in [0.1, 0.15) is 0 Å². The molecular formula is C6H13Cl2N2Pt-. The maximum absolute atomic E-state index is 5.52. The van der Waals surface area contributed by atoms with Gasteiger partial charge in [0.15, 0.2) is 4.46 Å². The van der Waals surface area contributed by atoms with Gasteiger partial charge in [0.25, 0.3) is 0 Å². The maximum atomic E-state index is 5.52. The van der Waals surface area contributed by atoms with Crippen molar-refractivity contribution in [1.29, 1.82) is 0 Å². The molecule has 0 fully saturated rings. The summed E-state index contributed by atoms with van der Waals surface area (Å²) in [5, 5.41) is 0. The monoisotopic (exact) mass is 378 g/mol. The number of halogens is 2. The van der Waals surface area contributed by atoms with Gasteiger partial charge in [-0.1, -0.05) is 30.1 Å². The number of nitrogens with two attached hydrogens (primary N) is 2. The molecule has 0 spiro atoms. The molecule has 0 rings (SSSR count). The van der Waals surface area contributed by atoms with Crippen molar-refractivity contribution in [3.8, 4) is 0 Å². The second kappa shape index (κ2) is 6.68.